The Morgan fingerprint density at radius 2 is 2.00 bits per heavy atom. The van der Waals surface area contributed by atoms with Crippen LogP contribution in [-0.4, -0.2) is 33.6 Å². The van der Waals surface area contributed by atoms with E-state index >= 15 is 0 Å². The van der Waals surface area contributed by atoms with Crippen molar-refractivity contribution in [1.29, 1.82) is 0 Å². The molecule has 1 saturated carbocycles. The second-order valence-electron chi connectivity index (χ2n) is 7.56. The fraction of sp³-hybridized carbons (Fsp3) is 0.476. The van der Waals surface area contributed by atoms with E-state index in [1.807, 2.05) is 6.07 Å². The van der Waals surface area contributed by atoms with Gasteiger partial charge in [0.25, 0.3) is 0 Å². The number of anilines is 1. The van der Waals surface area contributed by atoms with E-state index in [2.05, 4.69) is 28.3 Å². The number of aryl methyl sites for hydroxylation is 1. The largest absolute Gasteiger partial charge is 0.395 e. The molecule has 0 atom stereocenters. The predicted octanol–water partition coefficient (Wildman–Crippen LogP) is 2.85. The number of aromatic nitrogens is 3. The Labute approximate surface area is 167 Å². The van der Waals surface area contributed by atoms with Gasteiger partial charge in [0.05, 0.1) is 29.8 Å². The summed E-state index contributed by atoms with van der Waals surface area (Å²) < 4.78 is 0. The maximum Gasteiger partial charge on any atom is 0.144 e. The van der Waals surface area contributed by atoms with E-state index < -0.39 is 0 Å². The highest BCUT2D eigenvalue weighted by Crippen LogP contribution is 2.28. The number of rotatable bonds is 7. The van der Waals surface area contributed by atoms with Gasteiger partial charge in [0.2, 0.25) is 0 Å². The van der Waals surface area contributed by atoms with Gasteiger partial charge in [-0.2, -0.15) is 0 Å². The van der Waals surface area contributed by atoms with Gasteiger partial charge in [-0.3, -0.25) is 9.97 Å². The molecule has 0 spiro atoms. The first kappa shape index (κ1) is 20.1. The van der Waals surface area contributed by atoms with Crippen LogP contribution in [0.25, 0.3) is 5.70 Å². The molecule has 2 heterocycles. The van der Waals surface area contributed by atoms with Crippen molar-refractivity contribution in [2.75, 3.05) is 18.9 Å². The molecule has 7 heteroatoms. The van der Waals surface area contributed by atoms with Gasteiger partial charge in [0.1, 0.15) is 5.82 Å². The maximum atomic E-state index is 6.43. The zero-order valence-corrected chi connectivity index (χ0v) is 16.9. The molecule has 28 heavy (non-hydrogen) atoms. The van der Waals surface area contributed by atoms with E-state index in [0.717, 1.165) is 29.4 Å². The summed E-state index contributed by atoms with van der Waals surface area (Å²) in [5.74, 6) is 7.48. The van der Waals surface area contributed by atoms with Crippen molar-refractivity contribution in [2.24, 2.45) is 17.5 Å². The molecule has 2 aromatic rings. The Kier molecular flexibility index (Phi) is 6.81. The highest BCUT2D eigenvalue weighted by atomic mass is 15.4. The summed E-state index contributed by atoms with van der Waals surface area (Å²) in [5, 5.41) is 4.72. The standard InChI is InChI=1S/C21H31N7/c1-15-17(12-16-6-4-3-5-7-16)8-9-18(27-15)21(22)19(28(2)23)13-26-20-14-24-10-11-25-20/h8-11,14,16H,3-7,12-13,22-23H2,1-2H3,(H,25,26)/b21-19-. The third-order valence-corrected chi connectivity index (χ3v) is 5.44. The fourth-order valence-electron chi connectivity index (χ4n) is 3.78. The van der Waals surface area contributed by atoms with Crippen LogP contribution in [0.5, 0.6) is 0 Å². The van der Waals surface area contributed by atoms with Crippen molar-refractivity contribution in [3.8, 4) is 0 Å². The molecule has 1 aliphatic rings. The van der Waals surface area contributed by atoms with Gasteiger partial charge in [0, 0.05) is 25.1 Å². The van der Waals surface area contributed by atoms with E-state index in [-0.39, 0.29) is 0 Å². The van der Waals surface area contributed by atoms with Crippen LogP contribution in [0.3, 0.4) is 0 Å². The molecule has 1 fully saturated rings. The first-order valence-corrected chi connectivity index (χ1v) is 9.98. The SMILES string of the molecule is Cc1nc(/C(N)=C(\CNc2cnccn2)N(C)N)ccc1CC1CCCCC1. The summed E-state index contributed by atoms with van der Waals surface area (Å²) in [5.41, 5.74) is 10.9. The topological polar surface area (TPSA) is 106 Å². The third-order valence-electron chi connectivity index (χ3n) is 5.44. The van der Waals surface area contributed by atoms with Crippen molar-refractivity contribution in [2.45, 2.75) is 45.4 Å². The molecule has 5 N–H and O–H groups in total. The molecular formula is C21H31N7. The predicted molar refractivity (Wildman–Crippen MR) is 113 cm³/mol. The molecule has 0 radical (unpaired) electrons. The number of hydrogen-bond donors (Lipinski definition) is 3. The average Bonchev–Trinajstić information content (AvgIpc) is 2.71. The Morgan fingerprint density at radius 1 is 1.21 bits per heavy atom. The minimum Gasteiger partial charge on any atom is -0.395 e. The molecule has 0 aromatic carbocycles. The highest BCUT2D eigenvalue weighted by molar-refractivity contribution is 5.64. The highest BCUT2D eigenvalue weighted by Gasteiger charge is 2.17. The van der Waals surface area contributed by atoms with Crippen molar-refractivity contribution < 1.29 is 0 Å². The van der Waals surface area contributed by atoms with E-state index in [0.29, 0.717) is 18.1 Å². The first-order valence-electron chi connectivity index (χ1n) is 9.98. The second-order valence-corrected chi connectivity index (χ2v) is 7.56. The number of nitrogens with zero attached hydrogens (tertiary/aromatic N) is 4. The number of hydrazine groups is 1. The lowest BCUT2D eigenvalue weighted by atomic mass is 9.84. The summed E-state index contributed by atoms with van der Waals surface area (Å²) in [7, 11) is 1.77. The van der Waals surface area contributed by atoms with Crippen molar-refractivity contribution >= 4 is 11.5 Å². The molecular weight excluding hydrogens is 350 g/mol. The Bertz CT molecular complexity index is 796. The normalized spacial score (nSPS) is 15.8. The van der Waals surface area contributed by atoms with Crippen molar-refractivity contribution in [3.63, 3.8) is 0 Å². The van der Waals surface area contributed by atoms with Gasteiger partial charge in [-0.25, -0.2) is 10.8 Å². The van der Waals surface area contributed by atoms with Crippen molar-refractivity contribution in [3.05, 3.63) is 53.4 Å². The lowest BCUT2D eigenvalue weighted by Crippen LogP contribution is -2.32. The van der Waals surface area contributed by atoms with E-state index in [1.54, 1.807) is 25.6 Å². The van der Waals surface area contributed by atoms with Crippen LogP contribution in [0.15, 0.2) is 36.4 Å². The molecule has 150 valence electrons. The second kappa shape index (κ2) is 9.50. The first-order chi connectivity index (χ1) is 13.5. The summed E-state index contributed by atoms with van der Waals surface area (Å²) in [6.07, 6.45) is 12.8. The van der Waals surface area contributed by atoms with Gasteiger partial charge in [-0.15, -0.1) is 0 Å². The molecule has 7 nitrogen and oxygen atoms in total. The molecule has 3 rings (SSSR count). The molecule has 0 unspecified atom stereocenters. The molecule has 0 amide bonds. The third kappa shape index (κ3) is 5.19. The lowest BCUT2D eigenvalue weighted by molar-refractivity contribution is 0.356. The lowest BCUT2D eigenvalue weighted by Gasteiger charge is -2.23. The summed E-state index contributed by atoms with van der Waals surface area (Å²) in [4.78, 5) is 13.0. The number of pyridine rings is 1. The molecule has 0 saturated heterocycles. The summed E-state index contributed by atoms with van der Waals surface area (Å²) in [6, 6.07) is 4.18. The van der Waals surface area contributed by atoms with Crippen LogP contribution in [0.2, 0.25) is 0 Å². The molecule has 2 aromatic heterocycles. The number of nitrogens with two attached hydrogens (primary N) is 2. The Hall–Kier alpha value is -2.67. The summed E-state index contributed by atoms with van der Waals surface area (Å²) in [6.45, 7) is 2.50. The molecule has 0 bridgehead atoms. The average molecular weight is 382 g/mol. The smallest absolute Gasteiger partial charge is 0.144 e. The van der Waals surface area contributed by atoms with E-state index in [9.17, 15) is 0 Å². The van der Waals surface area contributed by atoms with Crippen LogP contribution < -0.4 is 16.9 Å². The van der Waals surface area contributed by atoms with E-state index in [1.165, 1.54) is 42.7 Å². The zero-order chi connectivity index (χ0) is 19.9. The Morgan fingerprint density at radius 3 is 2.64 bits per heavy atom. The quantitative estimate of drug-likeness (QED) is 0.500. The molecule has 1 aliphatic carbocycles. The number of likely N-dealkylation sites (N-methyl/N-ethyl adjacent to an activating group) is 1. The summed E-state index contributed by atoms with van der Waals surface area (Å²) >= 11 is 0. The van der Waals surface area contributed by atoms with Crippen LogP contribution in [0, 0.1) is 12.8 Å². The number of nitrogens with one attached hydrogen (secondary N) is 1. The van der Waals surface area contributed by atoms with E-state index in [4.69, 9.17) is 16.6 Å². The van der Waals surface area contributed by atoms with Gasteiger partial charge < -0.3 is 16.1 Å². The van der Waals surface area contributed by atoms with Gasteiger partial charge in [-0.1, -0.05) is 38.2 Å². The van der Waals surface area contributed by atoms with Crippen LogP contribution in [-0.2, 0) is 6.42 Å². The van der Waals surface area contributed by atoms with Crippen molar-refractivity contribution in [1.82, 2.24) is 20.0 Å². The van der Waals surface area contributed by atoms with Crippen LogP contribution in [0.4, 0.5) is 5.82 Å². The van der Waals surface area contributed by atoms with Gasteiger partial charge >= 0.3 is 0 Å². The van der Waals surface area contributed by atoms with Crippen LogP contribution >= 0.6 is 0 Å². The number of hydrogen-bond acceptors (Lipinski definition) is 7. The minimum atomic E-state index is 0.433. The van der Waals surface area contributed by atoms with Gasteiger partial charge in [-0.05, 0) is 30.9 Å². The Balaban J connectivity index is 1.75. The van der Waals surface area contributed by atoms with Crippen LogP contribution in [0.1, 0.15) is 49.1 Å². The minimum absolute atomic E-state index is 0.433. The fourth-order valence-corrected chi connectivity index (χ4v) is 3.78. The molecule has 0 aliphatic heterocycles. The zero-order valence-electron chi connectivity index (χ0n) is 16.9. The van der Waals surface area contributed by atoms with Gasteiger partial charge in [0.15, 0.2) is 0 Å². The monoisotopic (exact) mass is 381 g/mol. The maximum absolute atomic E-state index is 6.43.